The van der Waals surface area contributed by atoms with E-state index in [2.05, 4.69) is 5.32 Å². The highest BCUT2D eigenvalue weighted by Crippen LogP contribution is 2.22. The molecular formula is C15H12ClNO2S. The molecule has 0 unspecified atom stereocenters. The summed E-state index contributed by atoms with van der Waals surface area (Å²) in [6, 6.07) is 10.4. The number of amides is 1. The number of benzene rings is 1. The van der Waals surface area contributed by atoms with Crippen LogP contribution in [-0.4, -0.2) is 18.7 Å². The van der Waals surface area contributed by atoms with Crippen LogP contribution in [0.3, 0.4) is 0 Å². The van der Waals surface area contributed by atoms with Gasteiger partial charge in [-0.1, -0.05) is 29.8 Å². The van der Waals surface area contributed by atoms with Gasteiger partial charge < -0.3 is 5.32 Å². The van der Waals surface area contributed by atoms with Crippen molar-refractivity contribution in [3.8, 4) is 0 Å². The Morgan fingerprint density at radius 2 is 1.85 bits per heavy atom. The van der Waals surface area contributed by atoms with E-state index in [-0.39, 0.29) is 11.7 Å². The van der Waals surface area contributed by atoms with Crippen LogP contribution in [0.25, 0.3) is 6.08 Å². The molecule has 1 aromatic carbocycles. The molecule has 0 aliphatic carbocycles. The first kappa shape index (κ1) is 14.5. The number of nitrogens with one attached hydrogen (secondary N) is 1. The maximum absolute atomic E-state index is 11.9. The number of thiophene rings is 1. The van der Waals surface area contributed by atoms with Crippen molar-refractivity contribution in [3.05, 3.63) is 62.8 Å². The number of carbonyl (C=O) groups is 2. The maximum Gasteiger partial charge on any atom is 0.251 e. The SMILES string of the molecule is CNC(=O)c1ccc(C=CC(=O)c2ccc(Cl)s2)cc1. The summed E-state index contributed by atoms with van der Waals surface area (Å²) in [5.74, 6) is -0.220. The maximum atomic E-state index is 11.9. The summed E-state index contributed by atoms with van der Waals surface area (Å²) < 4.78 is 0.594. The van der Waals surface area contributed by atoms with E-state index in [4.69, 9.17) is 11.6 Å². The molecule has 2 aromatic rings. The van der Waals surface area contributed by atoms with Gasteiger partial charge >= 0.3 is 0 Å². The molecule has 1 heterocycles. The summed E-state index contributed by atoms with van der Waals surface area (Å²) in [5.41, 5.74) is 1.44. The van der Waals surface area contributed by atoms with Gasteiger partial charge in [-0.05, 0) is 35.9 Å². The average Bonchev–Trinajstić information content (AvgIpc) is 2.91. The van der Waals surface area contributed by atoms with Crippen molar-refractivity contribution in [2.45, 2.75) is 0 Å². The largest absolute Gasteiger partial charge is 0.355 e. The van der Waals surface area contributed by atoms with Crippen LogP contribution < -0.4 is 5.32 Å². The number of ketones is 1. The predicted molar refractivity (Wildman–Crippen MR) is 82.5 cm³/mol. The van der Waals surface area contributed by atoms with Crippen LogP contribution in [0.4, 0.5) is 0 Å². The Kier molecular flexibility index (Phi) is 4.71. The molecule has 102 valence electrons. The van der Waals surface area contributed by atoms with Crippen LogP contribution in [0.5, 0.6) is 0 Å². The Morgan fingerprint density at radius 1 is 1.15 bits per heavy atom. The second-order valence-corrected chi connectivity index (χ2v) is 5.72. The van der Waals surface area contributed by atoms with Crippen molar-refractivity contribution in [2.75, 3.05) is 7.05 Å². The molecule has 0 aliphatic rings. The topological polar surface area (TPSA) is 46.2 Å². The standard InChI is InChI=1S/C15H12ClNO2S/c1-17-15(19)11-5-2-10(3-6-11)4-7-12(18)13-8-9-14(16)20-13/h2-9H,1H3,(H,17,19). The minimum Gasteiger partial charge on any atom is -0.355 e. The fourth-order valence-corrected chi connectivity index (χ4v) is 2.55. The number of carbonyl (C=O) groups excluding carboxylic acids is 2. The van der Waals surface area contributed by atoms with E-state index in [1.54, 1.807) is 49.5 Å². The third-order valence-corrected chi connectivity index (χ3v) is 3.89. The third-order valence-electron chi connectivity index (χ3n) is 2.64. The minimum atomic E-state index is -0.134. The molecule has 20 heavy (non-hydrogen) atoms. The van der Waals surface area contributed by atoms with Gasteiger partial charge in [0.2, 0.25) is 0 Å². The molecule has 0 aliphatic heterocycles. The average molecular weight is 306 g/mol. The van der Waals surface area contributed by atoms with Crippen LogP contribution in [0.15, 0.2) is 42.5 Å². The highest BCUT2D eigenvalue weighted by Gasteiger charge is 2.05. The summed E-state index contributed by atoms with van der Waals surface area (Å²) in [6.45, 7) is 0. The van der Waals surface area contributed by atoms with Gasteiger partial charge in [0.1, 0.15) is 0 Å². The van der Waals surface area contributed by atoms with Crippen molar-refractivity contribution in [3.63, 3.8) is 0 Å². The van der Waals surface area contributed by atoms with Gasteiger partial charge in [-0.25, -0.2) is 0 Å². The molecule has 1 amide bonds. The van der Waals surface area contributed by atoms with Gasteiger partial charge in [-0.15, -0.1) is 11.3 Å². The van der Waals surface area contributed by atoms with Gasteiger partial charge in [-0.2, -0.15) is 0 Å². The first-order valence-corrected chi connectivity index (χ1v) is 7.09. The summed E-state index contributed by atoms with van der Waals surface area (Å²) in [5, 5.41) is 2.55. The zero-order valence-corrected chi connectivity index (χ0v) is 12.3. The Labute approximate surface area is 125 Å². The van der Waals surface area contributed by atoms with E-state index in [0.717, 1.165) is 5.56 Å². The number of halogens is 1. The molecule has 0 atom stereocenters. The smallest absolute Gasteiger partial charge is 0.251 e. The van der Waals surface area contributed by atoms with E-state index in [1.165, 1.54) is 17.4 Å². The summed E-state index contributed by atoms with van der Waals surface area (Å²) in [6.07, 6.45) is 3.21. The third kappa shape index (κ3) is 3.56. The van der Waals surface area contributed by atoms with Crippen molar-refractivity contribution in [2.24, 2.45) is 0 Å². The zero-order chi connectivity index (χ0) is 14.5. The lowest BCUT2D eigenvalue weighted by molar-refractivity contribution is 0.0962. The fourth-order valence-electron chi connectivity index (χ4n) is 1.59. The molecule has 5 heteroatoms. The van der Waals surface area contributed by atoms with Gasteiger partial charge in [0.15, 0.2) is 5.78 Å². The number of hydrogen-bond acceptors (Lipinski definition) is 3. The first-order chi connectivity index (χ1) is 9.60. The Bertz CT molecular complexity index is 659. The normalized spacial score (nSPS) is 10.7. The van der Waals surface area contributed by atoms with Gasteiger partial charge in [0.05, 0.1) is 9.21 Å². The fraction of sp³-hybridized carbons (Fsp3) is 0.0667. The Morgan fingerprint density at radius 3 is 2.40 bits per heavy atom. The van der Waals surface area contributed by atoms with Gasteiger partial charge in [-0.3, -0.25) is 9.59 Å². The number of allylic oxidation sites excluding steroid dienone is 1. The highest BCUT2D eigenvalue weighted by atomic mass is 35.5. The predicted octanol–water partition coefficient (Wildman–Crippen LogP) is 3.66. The van der Waals surface area contributed by atoms with Gasteiger partial charge in [0.25, 0.3) is 5.91 Å². The second kappa shape index (κ2) is 6.50. The number of hydrogen-bond donors (Lipinski definition) is 1. The lowest BCUT2D eigenvalue weighted by atomic mass is 10.1. The van der Waals surface area contributed by atoms with Crippen molar-refractivity contribution >= 4 is 40.7 Å². The minimum absolute atomic E-state index is 0.0859. The molecule has 0 spiro atoms. The van der Waals surface area contributed by atoms with Crippen LogP contribution in [0.2, 0.25) is 4.34 Å². The van der Waals surface area contributed by atoms with E-state index in [9.17, 15) is 9.59 Å². The zero-order valence-electron chi connectivity index (χ0n) is 10.7. The lowest BCUT2D eigenvalue weighted by Crippen LogP contribution is -2.17. The molecule has 1 aromatic heterocycles. The molecule has 0 saturated heterocycles. The first-order valence-electron chi connectivity index (χ1n) is 5.90. The summed E-state index contributed by atoms with van der Waals surface area (Å²) >= 11 is 7.04. The molecular weight excluding hydrogens is 294 g/mol. The second-order valence-electron chi connectivity index (χ2n) is 4.00. The Balaban J connectivity index is 2.08. The molecule has 0 saturated carbocycles. The monoisotopic (exact) mass is 305 g/mol. The van der Waals surface area contributed by atoms with E-state index in [1.807, 2.05) is 0 Å². The highest BCUT2D eigenvalue weighted by molar-refractivity contribution is 7.18. The quantitative estimate of drug-likeness (QED) is 0.692. The van der Waals surface area contributed by atoms with E-state index >= 15 is 0 Å². The molecule has 2 rings (SSSR count). The van der Waals surface area contributed by atoms with E-state index in [0.29, 0.717) is 14.8 Å². The number of rotatable bonds is 4. The molecule has 1 N–H and O–H groups in total. The molecule has 0 radical (unpaired) electrons. The summed E-state index contributed by atoms with van der Waals surface area (Å²) in [4.78, 5) is 23.8. The van der Waals surface area contributed by atoms with Crippen LogP contribution >= 0.6 is 22.9 Å². The molecule has 3 nitrogen and oxygen atoms in total. The molecule has 0 fully saturated rings. The van der Waals surface area contributed by atoms with Crippen molar-refractivity contribution < 1.29 is 9.59 Å². The molecule has 0 bridgehead atoms. The van der Waals surface area contributed by atoms with Gasteiger partial charge in [0, 0.05) is 12.6 Å². The van der Waals surface area contributed by atoms with Crippen LogP contribution in [0, 0.1) is 0 Å². The Hall–Kier alpha value is -1.91. The van der Waals surface area contributed by atoms with Crippen LogP contribution in [-0.2, 0) is 0 Å². The van der Waals surface area contributed by atoms with Crippen LogP contribution in [0.1, 0.15) is 25.6 Å². The van der Waals surface area contributed by atoms with Crippen molar-refractivity contribution in [1.29, 1.82) is 0 Å². The lowest BCUT2D eigenvalue weighted by Gasteiger charge is -1.99. The van der Waals surface area contributed by atoms with Crippen molar-refractivity contribution in [1.82, 2.24) is 5.32 Å². The van der Waals surface area contributed by atoms with E-state index < -0.39 is 0 Å². The summed E-state index contributed by atoms with van der Waals surface area (Å²) in [7, 11) is 1.58.